The van der Waals surface area contributed by atoms with Crippen molar-refractivity contribution in [1.29, 1.82) is 0 Å². The van der Waals surface area contributed by atoms with Gasteiger partial charge in [-0.25, -0.2) is 24.4 Å². The van der Waals surface area contributed by atoms with Crippen LogP contribution in [0.1, 0.15) is 24.1 Å². The summed E-state index contributed by atoms with van der Waals surface area (Å²) >= 11 is 0. The van der Waals surface area contributed by atoms with Crippen LogP contribution in [0.4, 0.5) is 0 Å². The van der Waals surface area contributed by atoms with Gasteiger partial charge in [-0.3, -0.25) is 0 Å². The van der Waals surface area contributed by atoms with Crippen molar-refractivity contribution in [3.05, 3.63) is 56.4 Å². The summed E-state index contributed by atoms with van der Waals surface area (Å²) in [5.74, 6) is 5.67. The van der Waals surface area contributed by atoms with Crippen LogP contribution >= 0.6 is 0 Å². The number of hydrogen-bond acceptors (Lipinski definition) is 3. The molecular formula is C13H14N4O2. The molecule has 0 amide bonds. The van der Waals surface area contributed by atoms with Gasteiger partial charge in [-0.05, 0) is 24.6 Å². The van der Waals surface area contributed by atoms with Crippen LogP contribution in [0, 0.1) is 11.8 Å². The minimum atomic E-state index is -0.454. The van der Waals surface area contributed by atoms with Crippen molar-refractivity contribution < 1.29 is 0 Å². The molecular weight excluding hydrogens is 244 g/mol. The molecule has 0 saturated heterocycles. The molecule has 1 aromatic heterocycles. The number of nitrogens with two attached hydrogens (primary N) is 1. The lowest BCUT2D eigenvalue weighted by atomic mass is 10.1. The van der Waals surface area contributed by atoms with Crippen molar-refractivity contribution in [3.63, 3.8) is 0 Å². The van der Waals surface area contributed by atoms with Crippen molar-refractivity contribution in [2.75, 3.05) is 6.54 Å². The summed E-state index contributed by atoms with van der Waals surface area (Å²) in [5.41, 5.74) is 6.09. The van der Waals surface area contributed by atoms with Gasteiger partial charge in [0.25, 0.3) is 0 Å². The Balaban J connectivity index is 2.33. The maximum atomic E-state index is 11.5. The van der Waals surface area contributed by atoms with Gasteiger partial charge in [-0.2, -0.15) is 0 Å². The first kappa shape index (κ1) is 12.9. The highest BCUT2D eigenvalue weighted by molar-refractivity contribution is 5.37. The average molecular weight is 258 g/mol. The Morgan fingerprint density at radius 3 is 2.32 bits per heavy atom. The van der Waals surface area contributed by atoms with Gasteiger partial charge in [-0.1, -0.05) is 24.0 Å². The molecule has 1 atom stereocenters. The van der Waals surface area contributed by atoms with Crippen molar-refractivity contribution in [2.45, 2.75) is 13.0 Å². The molecule has 2 rings (SSSR count). The second-order valence-corrected chi connectivity index (χ2v) is 4.03. The normalized spacial score (nSPS) is 11.7. The zero-order valence-corrected chi connectivity index (χ0v) is 10.4. The van der Waals surface area contributed by atoms with E-state index in [2.05, 4.69) is 22.0 Å². The fourth-order valence-electron chi connectivity index (χ4n) is 1.82. The first-order valence-corrected chi connectivity index (χ1v) is 5.81. The van der Waals surface area contributed by atoms with Crippen LogP contribution < -0.4 is 17.1 Å². The number of rotatable bonds is 2. The fourth-order valence-corrected chi connectivity index (χ4v) is 1.82. The molecule has 0 saturated carbocycles. The first-order valence-electron chi connectivity index (χ1n) is 5.81. The Bertz CT molecular complexity index is 697. The smallest absolute Gasteiger partial charge is 0.320 e. The van der Waals surface area contributed by atoms with Gasteiger partial charge in [0.2, 0.25) is 0 Å². The number of H-pyrrole nitrogens is 2. The third-order valence-corrected chi connectivity index (χ3v) is 2.83. The van der Waals surface area contributed by atoms with Crippen LogP contribution in [0.5, 0.6) is 0 Å². The molecule has 0 bridgehead atoms. The lowest BCUT2D eigenvalue weighted by Gasteiger charge is -2.10. The molecule has 6 nitrogen and oxygen atoms in total. The van der Waals surface area contributed by atoms with Crippen molar-refractivity contribution >= 4 is 0 Å². The van der Waals surface area contributed by atoms with Gasteiger partial charge in [-0.15, -0.1) is 0 Å². The van der Waals surface area contributed by atoms with E-state index in [0.717, 1.165) is 15.7 Å². The second-order valence-electron chi connectivity index (χ2n) is 4.03. The summed E-state index contributed by atoms with van der Waals surface area (Å²) < 4.78 is 1.13. The molecule has 19 heavy (non-hydrogen) atoms. The second kappa shape index (κ2) is 5.42. The van der Waals surface area contributed by atoms with E-state index >= 15 is 0 Å². The van der Waals surface area contributed by atoms with E-state index in [1.54, 1.807) is 6.92 Å². The van der Waals surface area contributed by atoms with Crippen molar-refractivity contribution in [1.82, 2.24) is 14.8 Å². The number of nitrogens with zero attached hydrogens (tertiary/aromatic N) is 1. The van der Waals surface area contributed by atoms with E-state index in [4.69, 9.17) is 5.73 Å². The number of aromatic nitrogens is 3. The predicted octanol–water partition coefficient (Wildman–Crippen LogP) is -0.216. The average Bonchev–Trinajstić information content (AvgIpc) is 2.76. The van der Waals surface area contributed by atoms with Gasteiger partial charge in [0, 0.05) is 5.56 Å². The van der Waals surface area contributed by atoms with Crippen molar-refractivity contribution in [2.24, 2.45) is 5.73 Å². The van der Waals surface area contributed by atoms with E-state index in [-0.39, 0.29) is 6.04 Å². The maximum Gasteiger partial charge on any atom is 0.344 e. The lowest BCUT2D eigenvalue weighted by Crippen LogP contribution is -2.30. The SMILES string of the molecule is CC(c1ccc(C#CCN)cc1)n1c(=O)[nH][nH]c1=O. The number of benzene rings is 1. The molecule has 0 aliphatic rings. The summed E-state index contributed by atoms with van der Waals surface area (Å²) in [5, 5.41) is 4.52. The van der Waals surface area contributed by atoms with Crippen LogP contribution in [0.15, 0.2) is 33.9 Å². The molecule has 98 valence electrons. The van der Waals surface area contributed by atoms with Gasteiger partial charge < -0.3 is 5.73 Å². The largest absolute Gasteiger partial charge is 0.344 e. The Morgan fingerprint density at radius 1 is 1.21 bits per heavy atom. The monoisotopic (exact) mass is 258 g/mol. The number of aromatic amines is 2. The van der Waals surface area contributed by atoms with E-state index < -0.39 is 11.4 Å². The molecule has 0 radical (unpaired) electrons. The van der Waals surface area contributed by atoms with Gasteiger partial charge >= 0.3 is 11.4 Å². The Kier molecular flexibility index (Phi) is 3.68. The van der Waals surface area contributed by atoms with Crippen LogP contribution in [-0.2, 0) is 0 Å². The molecule has 1 aromatic carbocycles. The van der Waals surface area contributed by atoms with Crippen LogP contribution in [0.2, 0.25) is 0 Å². The molecule has 1 heterocycles. The molecule has 0 aliphatic carbocycles. The van der Waals surface area contributed by atoms with Gasteiger partial charge in [0.1, 0.15) is 0 Å². The van der Waals surface area contributed by atoms with Crippen LogP contribution in [-0.4, -0.2) is 21.3 Å². The fraction of sp³-hybridized carbons (Fsp3) is 0.231. The highest BCUT2D eigenvalue weighted by Crippen LogP contribution is 2.14. The molecule has 0 fully saturated rings. The third kappa shape index (κ3) is 2.67. The molecule has 0 spiro atoms. The Hall–Kier alpha value is -2.52. The highest BCUT2D eigenvalue weighted by atomic mass is 16.2. The summed E-state index contributed by atoms with van der Waals surface area (Å²) in [6, 6.07) is 6.99. The minimum Gasteiger partial charge on any atom is -0.320 e. The van der Waals surface area contributed by atoms with Crippen LogP contribution in [0.25, 0.3) is 0 Å². The van der Waals surface area contributed by atoms with E-state index in [0.29, 0.717) is 6.54 Å². The summed E-state index contributed by atoms with van der Waals surface area (Å²) in [4.78, 5) is 23.0. The molecule has 0 aliphatic heterocycles. The summed E-state index contributed by atoms with van der Waals surface area (Å²) in [7, 11) is 0. The maximum absolute atomic E-state index is 11.5. The first-order chi connectivity index (χ1) is 9.13. The Labute approximate surface area is 109 Å². The highest BCUT2D eigenvalue weighted by Gasteiger charge is 2.13. The summed E-state index contributed by atoms with van der Waals surface area (Å²) in [6.07, 6.45) is 0. The quantitative estimate of drug-likeness (QED) is 0.650. The van der Waals surface area contributed by atoms with Gasteiger partial charge in [0.05, 0.1) is 12.6 Å². The predicted molar refractivity (Wildman–Crippen MR) is 71.9 cm³/mol. The number of hydrogen-bond donors (Lipinski definition) is 3. The minimum absolute atomic E-state index is 0.312. The lowest BCUT2D eigenvalue weighted by molar-refractivity contribution is 0.597. The summed E-state index contributed by atoms with van der Waals surface area (Å²) in [6.45, 7) is 2.09. The van der Waals surface area contributed by atoms with E-state index in [9.17, 15) is 9.59 Å². The number of nitrogens with one attached hydrogen (secondary N) is 2. The Morgan fingerprint density at radius 2 is 1.79 bits per heavy atom. The standard InChI is InChI=1S/C13H14N4O2/c1-9(17-12(18)15-16-13(17)19)11-6-4-10(5-7-11)3-2-8-14/h4-7,9H,8,14H2,1H3,(H,15,18)(H,16,19). The molecule has 6 heteroatoms. The van der Waals surface area contributed by atoms with Gasteiger partial charge in [0.15, 0.2) is 0 Å². The van der Waals surface area contributed by atoms with Crippen LogP contribution in [0.3, 0.4) is 0 Å². The molecule has 1 unspecified atom stereocenters. The van der Waals surface area contributed by atoms with E-state index in [1.165, 1.54) is 0 Å². The zero-order chi connectivity index (χ0) is 13.8. The third-order valence-electron chi connectivity index (χ3n) is 2.83. The zero-order valence-electron chi connectivity index (χ0n) is 10.4. The molecule has 4 N–H and O–H groups in total. The topological polar surface area (TPSA) is 96.7 Å². The molecule has 2 aromatic rings. The van der Waals surface area contributed by atoms with Crippen molar-refractivity contribution in [3.8, 4) is 11.8 Å². The van der Waals surface area contributed by atoms with E-state index in [1.807, 2.05) is 24.3 Å².